The largest absolute Gasteiger partial charge is 0.573 e. The average Bonchev–Trinajstić information content (AvgIpc) is 2.02. The maximum absolute atomic E-state index is 11.7. The van der Waals surface area contributed by atoms with E-state index in [1.165, 1.54) is 12.1 Å². The van der Waals surface area contributed by atoms with Crippen LogP contribution in [0.5, 0.6) is 5.75 Å². The van der Waals surface area contributed by atoms with Gasteiger partial charge in [-0.2, -0.15) is 0 Å². The molecule has 0 amide bonds. The fourth-order valence-corrected chi connectivity index (χ4v) is 1.18. The molecule has 3 nitrogen and oxygen atoms in total. The van der Waals surface area contributed by atoms with E-state index in [2.05, 4.69) is 4.74 Å². The summed E-state index contributed by atoms with van der Waals surface area (Å²) in [6.45, 7) is 0. The van der Waals surface area contributed by atoms with Gasteiger partial charge in [0.05, 0.1) is 4.90 Å². The predicted molar refractivity (Wildman–Crippen MR) is 43.7 cm³/mol. The van der Waals surface area contributed by atoms with Crippen molar-refractivity contribution in [1.82, 2.24) is 0 Å². The van der Waals surface area contributed by atoms with Gasteiger partial charge in [0.2, 0.25) is 0 Å². The van der Waals surface area contributed by atoms with E-state index in [0.29, 0.717) is 0 Å². The van der Waals surface area contributed by atoms with Gasteiger partial charge in [-0.25, -0.2) is 9.35 Å². The van der Waals surface area contributed by atoms with E-state index < -0.39 is 17.3 Å². The Labute approximate surface area is 80.3 Å². The molecule has 1 unspecified atom stereocenters. The molecule has 1 aromatic rings. The van der Waals surface area contributed by atoms with Crippen LogP contribution in [0.3, 0.4) is 0 Å². The zero-order valence-electron chi connectivity index (χ0n) is 6.75. The second-order valence-corrected chi connectivity index (χ2v) is 3.38. The van der Waals surface area contributed by atoms with E-state index in [-0.39, 0.29) is 10.6 Å². The summed E-state index contributed by atoms with van der Waals surface area (Å²) in [6.07, 6.45) is -4.72. The third-order valence-corrected chi connectivity index (χ3v) is 2.03. The zero-order valence-corrected chi connectivity index (χ0v) is 7.56. The molecular formula is C7H6F3NO2S. The fourth-order valence-electron chi connectivity index (χ4n) is 0.775. The van der Waals surface area contributed by atoms with Crippen LogP contribution in [0.25, 0.3) is 0 Å². The zero-order chi connectivity index (χ0) is 10.8. The lowest BCUT2D eigenvalue weighted by Gasteiger charge is -2.08. The predicted octanol–water partition coefficient (Wildman–Crippen LogP) is 1.57. The summed E-state index contributed by atoms with van der Waals surface area (Å²) in [5, 5.41) is 5.00. The van der Waals surface area contributed by atoms with Crippen molar-refractivity contribution in [2.75, 3.05) is 0 Å². The van der Waals surface area contributed by atoms with Crippen molar-refractivity contribution in [3.8, 4) is 5.75 Å². The summed E-state index contributed by atoms with van der Waals surface area (Å²) in [7, 11) is -1.70. The Morgan fingerprint density at radius 2 is 1.71 bits per heavy atom. The molecule has 7 heteroatoms. The van der Waals surface area contributed by atoms with Crippen LogP contribution >= 0.6 is 0 Å². The number of halogens is 3. The van der Waals surface area contributed by atoms with Crippen molar-refractivity contribution in [1.29, 1.82) is 0 Å². The molecule has 0 saturated carbocycles. The SMILES string of the molecule is NS(=O)c1ccc(OC(F)(F)F)cc1. The van der Waals surface area contributed by atoms with E-state index in [4.69, 9.17) is 5.14 Å². The third-order valence-electron chi connectivity index (χ3n) is 1.29. The Balaban J connectivity index is 2.79. The summed E-state index contributed by atoms with van der Waals surface area (Å²) >= 11 is 0. The van der Waals surface area contributed by atoms with Gasteiger partial charge in [0.25, 0.3) is 0 Å². The molecule has 0 aliphatic carbocycles. The van der Waals surface area contributed by atoms with Gasteiger partial charge in [-0.15, -0.1) is 13.2 Å². The molecule has 0 fully saturated rings. The van der Waals surface area contributed by atoms with Crippen LogP contribution in [-0.2, 0) is 11.0 Å². The maximum atomic E-state index is 11.7. The summed E-state index contributed by atoms with van der Waals surface area (Å²) < 4.78 is 49.3. The topological polar surface area (TPSA) is 52.3 Å². The molecule has 0 aliphatic rings. The van der Waals surface area contributed by atoms with Crippen LogP contribution in [0.15, 0.2) is 29.2 Å². The van der Waals surface area contributed by atoms with Crippen LogP contribution in [-0.4, -0.2) is 10.6 Å². The highest BCUT2D eigenvalue weighted by molar-refractivity contribution is 7.82. The quantitative estimate of drug-likeness (QED) is 0.830. The van der Waals surface area contributed by atoms with Crippen molar-refractivity contribution in [3.05, 3.63) is 24.3 Å². The first-order valence-corrected chi connectivity index (χ1v) is 4.62. The Kier molecular flexibility index (Phi) is 3.12. The smallest absolute Gasteiger partial charge is 0.406 e. The number of alkyl halides is 3. The lowest BCUT2D eigenvalue weighted by atomic mass is 10.3. The number of hydrogen-bond donors (Lipinski definition) is 1. The Hall–Kier alpha value is -1.08. The van der Waals surface area contributed by atoms with Crippen LogP contribution in [0.4, 0.5) is 13.2 Å². The molecular weight excluding hydrogens is 219 g/mol. The maximum Gasteiger partial charge on any atom is 0.573 e. The van der Waals surface area contributed by atoms with E-state index in [1.54, 1.807) is 0 Å². The first-order chi connectivity index (χ1) is 6.38. The average molecular weight is 225 g/mol. The highest BCUT2D eigenvalue weighted by Gasteiger charge is 2.30. The summed E-state index contributed by atoms with van der Waals surface area (Å²) in [4.78, 5) is 0.236. The lowest BCUT2D eigenvalue weighted by molar-refractivity contribution is -0.274. The molecule has 14 heavy (non-hydrogen) atoms. The van der Waals surface area contributed by atoms with Crippen molar-refractivity contribution < 1.29 is 22.1 Å². The normalized spacial score (nSPS) is 13.7. The summed E-state index contributed by atoms with van der Waals surface area (Å²) in [5.41, 5.74) is 0. The van der Waals surface area contributed by atoms with Crippen molar-refractivity contribution >= 4 is 11.0 Å². The van der Waals surface area contributed by atoms with Gasteiger partial charge in [-0.3, -0.25) is 0 Å². The van der Waals surface area contributed by atoms with Crippen molar-refractivity contribution in [3.63, 3.8) is 0 Å². The van der Waals surface area contributed by atoms with E-state index in [0.717, 1.165) is 12.1 Å². The van der Waals surface area contributed by atoms with Gasteiger partial charge in [-0.1, -0.05) is 0 Å². The number of nitrogens with two attached hydrogens (primary N) is 1. The van der Waals surface area contributed by atoms with Gasteiger partial charge in [-0.05, 0) is 24.3 Å². The molecule has 2 N–H and O–H groups in total. The van der Waals surface area contributed by atoms with Gasteiger partial charge in [0.15, 0.2) is 0 Å². The van der Waals surface area contributed by atoms with Crippen LogP contribution in [0, 0.1) is 0 Å². The molecule has 1 atom stereocenters. The molecule has 0 bridgehead atoms. The highest BCUT2D eigenvalue weighted by Crippen LogP contribution is 2.22. The fraction of sp³-hybridized carbons (Fsp3) is 0.143. The summed E-state index contributed by atoms with van der Waals surface area (Å²) in [6, 6.07) is 4.51. The molecule has 0 heterocycles. The van der Waals surface area contributed by atoms with Gasteiger partial charge in [0, 0.05) is 0 Å². The molecule has 1 aromatic carbocycles. The summed E-state index contributed by atoms with van der Waals surface area (Å²) in [5.74, 6) is -0.369. The molecule has 1 rings (SSSR count). The first kappa shape index (κ1) is 11.0. The molecule has 78 valence electrons. The van der Waals surface area contributed by atoms with Gasteiger partial charge < -0.3 is 4.74 Å². The van der Waals surface area contributed by atoms with Crippen molar-refractivity contribution in [2.24, 2.45) is 5.14 Å². The second-order valence-electron chi connectivity index (χ2n) is 2.32. The molecule has 0 aromatic heterocycles. The third kappa shape index (κ3) is 3.35. The molecule has 0 saturated heterocycles. The molecule has 0 spiro atoms. The first-order valence-electron chi connectivity index (χ1n) is 3.40. The minimum atomic E-state index is -4.72. The van der Waals surface area contributed by atoms with Gasteiger partial charge >= 0.3 is 6.36 Å². The Morgan fingerprint density at radius 3 is 2.07 bits per heavy atom. The Morgan fingerprint density at radius 1 is 1.21 bits per heavy atom. The van der Waals surface area contributed by atoms with E-state index in [9.17, 15) is 17.4 Å². The molecule has 0 aliphatic heterocycles. The van der Waals surface area contributed by atoms with Crippen LogP contribution < -0.4 is 9.88 Å². The van der Waals surface area contributed by atoms with Gasteiger partial charge in [0.1, 0.15) is 16.7 Å². The minimum Gasteiger partial charge on any atom is -0.406 e. The van der Waals surface area contributed by atoms with Crippen LogP contribution in [0.1, 0.15) is 0 Å². The monoisotopic (exact) mass is 225 g/mol. The number of rotatable bonds is 2. The highest BCUT2D eigenvalue weighted by atomic mass is 32.2. The standard InChI is InChI=1S/C7H6F3NO2S/c8-7(9,10)13-5-1-3-6(4-2-5)14(11)12/h1-4H,11H2. The number of benzene rings is 1. The minimum absolute atomic E-state index is 0.236. The molecule has 0 radical (unpaired) electrons. The lowest BCUT2D eigenvalue weighted by Crippen LogP contribution is -2.17. The number of hydrogen-bond acceptors (Lipinski definition) is 2. The van der Waals surface area contributed by atoms with E-state index >= 15 is 0 Å². The Bertz CT molecular complexity index is 336. The van der Waals surface area contributed by atoms with E-state index in [1.807, 2.05) is 0 Å². The second kappa shape index (κ2) is 3.97. The van der Waals surface area contributed by atoms with Crippen molar-refractivity contribution in [2.45, 2.75) is 11.3 Å². The van der Waals surface area contributed by atoms with Crippen LogP contribution in [0.2, 0.25) is 0 Å². The number of ether oxygens (including phenoxy) is 1.